The average Bonchev–Trinajstić information content (AvgIpc) is 2.99. The number of aryl methyl sites for hydroxylation is 3. The number of hydrogen-bond donors (Lipinski definition) is 0. The van der Waals surface area contributed by atoms with Gasteiger partial charge in [0.05, 0.1) is 10.3 Å². The molecule has 2 aliphatic heterocycles. The molecule has 1 aromatic carbocycles. The van der Waals surface area contributed by atoms with E-state index in [4.69, 9.17) is 4.98 Å². The summed E-state index contributed by atoms with van der Waals surface area (Å²) in [5.41, 5.74) is 3.50. The van der Waals surface area contributed by atoms with Crippen LogP contribution in [0.25, 0.3) is 10.2 Å². The highest BCUT2D eigenvalue weighted by molar-refractivity contribution is 7.20. The van der Waals surface area contributed by atoms with Gasteiger partial charge in [0.25, 0.3) is 11.5 Å². The summed E-state index contributed by atoms with van der Waals surface area (Å²) in [6.45, 7) is 9.03. The number of thiophene rings is 1. The number of fused-ring (bicyclic) bond motifs is 2. The van der Waals surface area contributed by atoms with Gasteiger partial charge in [-0.05, 0) is 49.8 Å². The number of carbonyl (C=O) groups is 1. The first-order valence-corrected chi connectivity index (χ1v) is 12.9. The van der Waals surface area contributed by atoms with Crippen LogP contribution in [0, 0.1) is 13.8 Å². The molecule has 0 aliphatic carbocycles. The summed E-state index contributed by atoms with van der Waals surface area (Å²) >= 11 is 1.40. The van der Waals surface area contributed by atoms with E-state index in [0.29, 0.717) is 16.8 Å². The fraction of sp³-hybridized carbons (Fsp3) is 0.500. The molecule has 5 rings (SSSR count). The molecular weight excluding hydrogens is 432 g/mol. The van der Waals surface area contributed by atoms with Crippen LogP contribution in [0.1, 0.15) is 57.9 Å². The normalized spacial score (nSPS) is 17.6. The van der Waals surface area contributed by atoms with Gasteiger partial charge in [0.2, 0.25) is 0 Å². The minimum atomic E-state index is 0.0324. The minimum absolute atomic E-state index is 0.0324. The summed E-state index contributed by atoms with van der Waals surface area (Å²) in [5.74, 6) is 0.930. The van der Waals surface area contributed by atoms with Crippen LogP contribution >= 0.6 is 11.3 Å². The monoisotopic (exact) mass is 464 g/mol. The Kier molecular flexibility index (Phi) is 6.34. The second kappa shape index (κ2) is 9.39. The largest absolute Gasteiger partial charge is 0.337 e. The SMILES string of the molecule is Cc1ccccc1CN1CCCN(C(=O)c2sc3nc4n(c(=O)c3c2C)CCCCC4)CC1. The molecule has 0 bridgehead atoms. The molecule has 33 heavy (non-hydrogen) atoms. The van der Waals surface area contributed by atoms with E-state index in [1.165, 1.54) is 22.5 Å². The maximum absolute atomic E-state index is 13.5. The van der Waals surface area contributed by atoms with Crippen molar-refractivity contribution in [3.8, 4) is 0 Å². The van der Waals surface area contributed by atoms with Gasteiger partial charge in [-0.1, -0.05) is 30.7 Å². The van der Waals surface area contributed by atoms with Crippen LogP contribution in [0.3, 0.4) is 0 Å². The van der Waals surface area contributed by atoms with Crippen molar-refractivity contribution in [1.29, 1.82) is 0 Å². The molecule has 6 nitrogen and oxygen atoms in total. The van der Waals surface area contributed by atoms with Gasteiger partial charge < -0.3 is 4.90 Å². The van der Waals surface area contributed by atoms with Crippen LogP contribution < -0.4 is 5.56 Å². The highest BCUT2D eigenvalue weighted by Gasteiger charge is 2.26. The smallest absolute Gasteiger partial charge is 0.264 e. The van der Waals surface area contributed by atoms with Crippen LogP contribution in [-0.4, -0.2) is 51.4 Å². The van der Waals surface area contributed by atoms with E-state index in [1.807, 2.05) is 16.4 Å². The van der Waals surface area contributed by atoms with Gasteiger partial charge in [0.1, 0.15) is 10.7 Å². The van der Waals surface area contributed by atoms with E-state index in [1.54, 1.807) is 0 Å². The molecule has 0 radical (unpaired) electrons. The number of amides is 1. The van der Waals surface area contributed by atoms with Crippen LogP contribution in [0.15, 0.2) is 29.1 Å². The topological polar surface area (TPSA) is 58.4 Å². The van der Waals surface area contributed by atoms with Crippen molar-refractivity contribution in [2.24, 2.45) is 0 Å². The maximum Gasteiger partial charge on any atom is 0.264 e. The lowest BCUT2D eigenvalue weighted by Gasteiger charge is -2.22. The molecule has 0 atom stereocenters. The van der Waals surface area contributed by atoms with Crippen molar-refractivity contribution in [3.05, 3.63) is 62.0 Å². The lowest BCUT2D eigenvalue weighted by Crippen LogP contribution is -2.35. The molecule has 2 aliphatic rings. The third-order valence-electron chi connectivity index (χ3n) is 7.14. The van der Waals surface area contributed by atoms with Gasteiger partial charge in [-0.15, -0.1) is 11.3 Å². The highest BCUT2D eigenvalue weighted by Crippen LogP contribution is 2.30. The summed E-state index contributed by atoms with van der Waals surface area (Å²) in [7, 11) is 0. The first-order valence-electron chi connectivity index (χ1n) is 12.1. The first kappa shape index (κ1) is 22.3. The summed E-state index contributed by atoms with van der Waals surface area (Å²) in [4.78, 5) is 37.4. The molecule has 2 aromatic heterocycles. The van der Waals surface area contributed by atoms with Gasteiger partial charge in [0.15, 0.2) is 0 Å². The van der Waals surface area contributed by atoms with Crippen molar-refractivity contribution in [1.82, 2.24) is 19.4 Å². The molecule has 0 spiro atoms. The Morgan fingerprint density at radius 3 is 2.70 bits per heavy atom. The summed E-state index contributed by atoms with van der Waals surface area (Å²) in [6.07, 6.45) is 5.02. The van der Waals surface area contributed by atoms with Gasteiger partial charge in [-0.3, -0.25) is 19.1 Å². The van der Waals surface area contributed by atoms with E-state index < -0.39 is 0 Å². The van der Waals surface area contributed by atoms with Gasteiger partial charge >= 0.3 is 0 Å². The van der Waals surface area contributed by atoms with E-state index in [9.17, 15) is 9.59 Å². The molecule has 3 aromatic rings. The quantitative estimate of drug-likeness (QED) is 0.584. The maximum atomic E-state index is 13.5. The summed E-state index contributed by atoms with van der Waals surface area (Å²) in [6, 6.07) is 8.52. The summed E-state index contributed by atoms with van der Waals surface area (Å²) < 4.78 is 1.85. The van der Waals surface area contributed by atoms with Crippen molar-refractivity contribution < 1.29 is 4.79 Å². The Hall–Kier alpha value is -2.51. The third-order valence-corrected chi connectivity index (χ3v) is 8.31. The highest BCUT2D eigenvalue weighted by atomic mass is 32.1. The fourth-order valence-electron chi connectivity index (χ4n) is 5.12. The molecular formula is C26H32N4O2S. The molecule has 0 N–H and O–H groups in total. The molecule has 174 valence electrons. The number of carbonyl (C=O) groups excluding carboxylic acids is 1. The average molecular weight is 465 g/mol. The lowest BCUT2D eigenvalue weighted by atomic mass is 10.1. The zero-order valence-corrected chi connectivity index (χ0v) is 20.4. The predicted molar refractivity (Wildman–Crippen MR) is 133 cm³/mol. The van der Waals surface area contributed by atoms with E-state index in [2.05, 4.69) is 36.1 Å². The molecule has 1 amide bonds. The van der Waals surface area contributed by atoms with Crippen LogP contribution in [0.2, 0.25) is 0 Å². The standard InChI is InChI=1S/C26H32N4O2S/c1-18-9-5-6-10-20(18)17-28-12-8-13-29(16-15-28)26(32)23-19(2)22-24(33-23)27-21-11-4-3-7-14-30(21)25(22)31/h5-6,9-10H,3-4,7-8,11-17H2,1-2H3. The zero-order chi connectivity index (χ0) is 22.9. The van der Waals surface area contributed by atoms with Crippen LogP contribution in [-0.2, 0) is 19.5 Å². The van der Waals surface area contributed by atoms with Gasteiger partial charge in [-0.25, -0.2) is 4.98 Å². The summed E-state index contributed by atoms with van der Waals surface area (Å²) in [5, 5.41) is 0.644. The Morgan fingerprint density at radius 2 is 1.85 bits per heavy atom. The van der Waals surface area contributed by atoms with Crippen molar-refractivity contribution in [3.63, 3.8) is 0 Å². The van der Waals surface area contributed by atoms with Crippen molar-refractivity contribution in [2.75, 3.05) is 26.2 Å². The predicted octanol–water partition coefficient (Wildman–Crippen LogP) is 4.15. The third kappa shape index (κ3) is 4.36. The lowest BCUT2D eigenvalue weighted by molar-refractivity contribution is 0.0765. The molecule has 1 fully saturated rings. The van der Waals surface area contributed by atoms with Crippen LogP contribution in [0.4, 0.5) is 0 Å². The second-order valence-electron chi connectivity index (χ2n) is 9.38. The van der Waals surface area contributed by atoms with Gasteiger partial charge in [0, 0.05) is 45.7 Å². The number of aromatic nitrogens is 2. The number of nitrogens with zero attached hydrogens (tertiary/aromatic N) is 4. The van der Waals surface area contributed by atoms with E-state index in [-0.39, 0.29) is 11.5 Å². The number of rotatable bonds is 3. The molecule has 7 heteroatoms. The van der Waals surface area contributed by atoms with Crippen molar-refractivity contribution >= 4 is 27.5 Å². The fourth-order valence-corrected chi connectivity index (χ4v) is 6.28. The van der Waals surface area contributed by atoms with Crippen LogP contribution in [0.5, 0.6) is 0 Å². The molecule has 4 heterocycles. The first-order chi connectivity index (χ1) is 16.0. The Bertz CT molecular complexity index is 1250. The van der Waals surface area contributed by atoms with E-state index in [0.717, 1.165) is 81.0 Å². The number of hydrogen-bond acceptors (Lipinski definition) is 5. The van der Waals surface area contributed by atoms with Crippen molar-refractivity contribution in [2.45, 2.75) is 59.0 Å². The molecule has 0 unspecified atom stereocenters. The molecule has 1 saturated heterocycles. The van der Waals surface area contributed by atoms with E-state index >= 15 is 0 Å². The Labute approximate surface area is 198 Å². The zero-order valence-electron chi connectivity index (χ0n) is 19.6. The second-order valence-corrected chi connectivity index (χ2v) is 10.4. The molecule has 0 saturated carbocycles. The minimum Gasteiger partial charge on any atom is -0.337 e. The Morgan fingerprint density at radius 1 is 1.00 bits per heavy atom. The Balaban J connectivity index is 1.36. The van der Waals surface area contributed by atoms with Gasteiger partial charge in [-0.2, -0.15) is 0 Å². The number of benzene rings is 1.